The predicted molar refractivity (Wildman–Crippen MR) is 70.5 cm³/mol. The molecule has 6 nitrogen and oxygen atoms in total. The summed E-state index contributed by atoms with van der Waals surface area (Å²) in [6, 6.07) is 5.57. The van der Waals surface area contributed by atoms with Gasteiger partial charge in [0.15, 0.2) is 0 Å². The Balaban J connectivity index is 2.23. The predicted octanol–water partition coefficient (Wildman–Crippen LogP) is 1.61. The summed E-state index contributed by atoms with van der Waals surface area (Å²) in [6.45, 7) is 1.68. The van der Waals surface area contributed by atoms with E-state index in [1.807, 2.05) is 4.90 Å². The van der Waals surface area contributed by atoms with Gasteiger partial charge in [0.2, 0.25) is 5.91 Å². The number of amides is 1. The Morgan fingerprint density at radius 2 is 1.79 bits per heavy atom. The lowest BCUT2D eigenvalue weighted by molar-refractivity contribution is -0.384. The zero-order valence-corrected chi connectivity index (χ0v) is 10.6. The van der Waals surface area contributed by atoms with Gasteiger partial charge in [-0.25, -0.2) is 0 Å². The van der Waals surface area contributed by atoms with Crippen LogP contribution >= 0.6 is 0 Å². The van der Waals surface area contributed by atoms with E-state index in [-0.39, 0.29) is 5.69 Å². The summed E-state index contributed by atoms with van der Waals surface area (Å²) in [5.74, 6) is -0.407. The minimum absolute atomic E-state index is 0.0191. The van der Waals surface area contributed by atoms with E-state index in [2.05, 4.69) is 0 Å². The van der Waals surface area contributed by atoms with Gasteiger partial charge in [-0.05, 0) is 31.5 Å². The van der Waals surface area contributed by atoms with Crippen LogP contribution in [0.1, 0.15) is 30.9 Å². The number of hydrogen-bond acceptors (Lipinski definition) is 4. The fourth-order valence-electron chi connectivity index (χ4n) is 2.51. The number of nitro groups is 1. The van der Waals surface area contributed by atoms with Crippen molar-refractivity contribution in [1.29, 1.82) is 0 Å². The molecule has 1 fully saturated rings. The maximum Gasteiger partial charge on any atom is 0.269 e. The van der Waals surface area contributed by atoms with Crippen molar-refractivity contribution in [2.75, 3.05) is 13.1 Å². The van der Waals surface area contributed by atoms with E-state index in [1.54, 1.807) is 12.1 Å². The first-order valence-electron chi connectivity index (χ1n) is 6.37. The van der Waals surface area contributed by atoms with Crippen molar-refractivity contribution in [3.63, 3.8) is 0 Å². The van der Waals surface area contributed by atoms with Crippen LogP contribution in [0.2, 0.25) is 0 Å². The highest BCUT2D eigenvalue weighted by molar-refractivity contribution is 5.81. The smallest absolute Gasteiger partial charge is 0.269 e. The Kier molecular flexibility index (Phi) is 4.11. The molecule has 1 atom stereocenters. The van der Waals surface area contributed by atoms with Crippen molar-refractivity contribution >= 4 is 11.6 Å². The molecule has 1 unspecified atom stereocenters. The summed E-state index contributed by atoms with van der Waals surface area (Å²) in [6.07, 6.45) is 3.27. The van der Waals surface area contributed by atoms with Crippen LogP contribution in [0.25, 0.3) is 0 Å². The van der Waals surface area contributed by atoms with Crippen LogP contribution < -0.4 is 5.73 Å². The van der Waals surface area contributed by atoms with E-state index in [9.17, 15) is 14.9 Å². The van der Waals surface area contributed by atoms with Gasteiger partial charge in [0.05, 0.1) is 4.92 Å². The topological polar surface area (TPSA) is 89.5 Å². The minimum Gasteiger partial charge on any atom is -0.368 e. The standard InChI is InChI=1S/C13H17N3O3/c14-13(17)12(15-8-2-1-3-9-15)10-4-6-11(7-5-10)16(18)19/h4-7,12H,1-3,8-9H2,(H2,14,17). The summed E-state index contributed by atoms with van der Waals surface area (Å²) < 4.78 is 0. The molecule has 6 heteroatoms. The van der Waals surface area contributed by atoms with Crippen molar-refractivity contribution in [3.05, 3.63) is 39.9 Å². The molecule has 1 aliphatic heterocycles. The van der Waals surface area contributed by atoms with Crippen LogP contribution in [0, 0.1) is 10.1 Å². The molecular weight excluding hydrogens is 246 g/mol. The normalized spacial score (nSPS) is 17.9. The molecule has 2 N–H and O–H groups in total. The van der Waals surface area contributed by atoms with Crippen LogP contribution in [-0.4, -0.2) is 28.8 Å². The monoisotopic (exact) mass is 263 g/mol. The lowest BCUT2D eigenvalue weighted by atomic mass is 10.0. The number of primary amides is 1. The Morgan fingerprint density at radius 3 is 2.26 bits per heavy atom. The van der Waals surface area contributed by atoms with Gasteiger partial charge in [0.1, 0.15) is 6.04 Å². The molecule has 1 heterocycles. The lowest BCUT2D eigenvalue weighted by Gasteiger charge is -2.32. The molecule has 102 valence electrons. The van der Waals surface area contributed by atoms with Gasteiger partial charge in [-0.15, -0.1) is 0 Å². The first-order valence-corrected chi connectivity index (χ1v) is 6.37. The summed E-state index contributed by atoms with van der Waals surface area (Å²) in [4.78, 5) is 23.9. The largest absolute Gasteiger partial charge is 0.368 e. The number of piperidine rings is 1. The zero-order chi connectivity index (χ0) is 13.8. The quantitative estimate of drug-likeness (QED) is 0.660. The summed E-state index contributed by atoms with van der Waals surface area (Å²) in [5, 5.41) is 10.6. The van der Waals surface area contributed by atoms with Crippen molar-refractivity contribution in [2.45, 2.75) is 25.3 Å². The van der Waals surface area contributed by atoms with E-state index < -0.39 is 16.9 Å². The van der Waals surface area contributed by atoms with Crippen LogP contribution in [0.15, 0.2) is 24.3 Å². The van der Waals surface area contributed by atoms with Gasteiger partial charge in [0.25, 0.3) is 5.69 Å². The second-order valence-corrected chi connectivity index (χ2v) is 4.75. The van der Waals surface area contributed by atoms with E-state index in [0.29, 0.717) is 0 Å². The number of carbonyl (C=O) groups is 1. The molecule has 0 aliphatic carbocycles. The fourth-order valence-corrected chi connectivity index (χ4v) is 2.51. The Labute approximate surface area is 111 Å². The van der Waals surface area contributed by atoms with E-state index in [4.69, 9.17) is 5.73 Å². The number of likely N-dealkylation sites (tertiary alicyclic amines) is 1. The second kappa shape index (κ2) is 5.79. The van der Waals surface area contributed by atoms with Crippen LogP contribution in [0.5, 0.6) is 0 Å². The molecule has 1 aliphatic rings. The minimum atomic E-state index is -0.485. The highest BCUT2D eigenvalue weighted by Crippen LogP contribution is 2.25. The van der Waals surface area contributed by atoms with Gasteiger partial charge in [-0.1, -0.05) is 18.6 Å². The third-order valence-electron chi connectivity index (χ3n) is 3.44. The molecule has 1 saturated heterocycles. The van der Waals surface area contributed by atoms with Gasteiger partial charge < -0.3 is 5.73 Å². The van der Waals surface area contributed by atoms with Gasteiger partial charge in [0, 0.05) is 12.1 Å². The molecule has 1 amide bonds. The van der Waals surface area contributed by atoms with Crippen molar-refractivity contribution in [2.24, 2.45) is 5.73 Å². The molecule has 0 radical (unpaired) electrons. The third kappa shape index (κ3) is 3.08. The number of carbonyl (C=O) groups excluding carboxylic acids is 1. The number of rotatable bonds is 4. The van der Waals surface area contributed by atoms with Crippen LogP contribution in [-0.2, 0) is 4.79 Å². The Morgan fingerprint density at radius 1 is 1.21 bits per heavy atom. The van der Waals surface area contributed by atoms with E-state index >= 15 is 0 Å². The molecule has 0 spiro atoms. The molecule has 1 aromatic rings. The molecule has 0 saturated carbocycles. The number of hydrogen-bond donors (Lipinski definition) is 1. The molecule has 0 bridgehead atoms. The number of nitrogens with two attached hydrogens (primary N) is 1. The summed E-state index contributed by atoms with van der Waals surface area (Å²) >= 11 is 0. The highest BCUT2D eigenvalue weighted by Gasteiger charge is 2.27. The number of benzene rings is 1. The fraction of sp³-hybridized carbons (Fsp3) is 0.462. The lowest BCUT2D eigenvalue weighted by Crippen LogP contribution is -2.40. The SMILES string of the molecule is NC(=O)C(c1ccc([N+](=O)[O-])cc1)N1CCCCC1. The molecule has 2 rings (SSSR count). The number of nitro benzene ring substituents is 1. The molecular formula is C13H17N3O3. The maximum absolute atomic E-state index is 11.7. The molecule has 1 aromatic carbocycles. The van der Waals surface area contributed by atoms with Crippen LogP contribution in [0.4, 0.5) is 5.69 Å². The van der Waals surface area contributed by atoms with Crippen molar-refractivity contribution in [1.82, 2.24) is 4.90 Å². The molecule has 0 aromatic heterocycles. The zero-order valence-electron chi connectivity index (χ0n) is 10.6. The average molecular weight is 263 g/mol. The summed E-state index contributed by atoms with van der Waals surface area (Å²) in [7, 11) is 0. The number of non-ortho nitro benzene ring substituents is 1. The Bertz CT molecular complexity index is 467. The molecule has 19 heavy (non-hydrogen) atoms. The maximum atomic E-state index is 11.7. The first kappa shape index (κ1) is 13.5. The van der Waals surface area contributed by atoms with Gasteiger partial charge in [-0.2, -0.15) is 0 Å². The van der Waals surface area contributed by atoms with E-state index in [1.165, 1.54) is 18.6 Å². The first-order chi connectivity index (χ1) is 9.09. The number of nitrogens with zero attached hydrogens (tertiary/aromatic N) is 2. The Hall–Kier alpha value is -1.95. The second-order valence-electron chi connectivity index (χ2n) is 4.75. The van der Waals surface area contributed by atoms with Crippen molar-refractivity contribution in [3.8, 4) is 0 Å². The average Bonchev–Trinajstić information content (AvgIpc) is 2.40. The van der Waals surface area contributed by atoms with Crippen molar-refractivity contribution < 1.29 is 9.72 Å². The van der Waals surface area contributed by atoms with E-state index in [0.717, 1.165) is 31.5 Å². The third-order valence-corrected chi connectivity index (χ3v) is 3.44. The van der Waals surface area contributed by atoms with Gasteiger partial charge >= 0.3 is 0 Å². The highest BCUT2D eigenvalue weighted by atomic mass is 16.6. The van der Waals surface area contributed by atoms with Crippen LogP contribution in [0.3, 0.4) is 0 Å². The van der Waals surface area contributed by atoms with Gasteiger partial charge in [-0.3, -0.25) is 19.8 Å². The summed E-state index contributed by atoms with van der Waals surface area (Å²) in [5.41, 5.74) is 6.22.